The SMILES string of the molecule is Cc1cc(F)ccc1Oc1ccc(CN)cc1Cl. The predicted molar refractivity (Wildman–Crippen MR) is 70.6 cm³/mol. The lowest BCUT2D eigenvalue weighted by atomic mass is 10.2. The largest absolute Gasteiger partial charge is 0.456 e. The first-order valence-corrected chi connectivity index (χ1v) is 5.90. The molecule has 2 nitrogen and oxygen atoms in total. The third kappa shape index (κ3) is 2.81. The molecule has 0 bridgehead atoms. The summed E-state index contributed by atoms with van der Waals surface area (Å²) >= 11 is 6.09. The van der Waals surface area contributed by atoms with E-state index < -0.39 is 0 Å². The number of rotatable bonds is 3. The zero-order chi connectivity index (χ0) is 13.1. The molecule has 0 heterocycles. The van der Waals surface area contributed by atoms with Gasteiger partial charge in [-0.2, -0.15) is 0 Å². The van der Waals surface area contributed by atoms with Gasteiger partial charge in [-0.1, -0.05) is 17.7 Å². The fourth-order valence-corrected chi connectivity index (χ4v) is 1.84. The summed E-state index contributed by atoms with van der Waals surface area (Å²) in [4.78, 5) is 0. The highest BCUT2D eigenvalue weighted by Crippen LogP contribution is 2.31. The highest BCUT2D eigenvalue weighted by molar-refractivity contribution is 6.32. The third-order valence-corrected chi connectivity index (χ3v) is 2.88. The molecule has 2 rings (SSSR count). The van der Waals surface area contributed by atoms with E-state index in [-0.39, 0.29) is 5.82 Å². The zero-order valence-corrected chi connectivity index (χ0v) is 10.7. The highest BCUT2D eigenvalue weighted by Gasteiger charge is 2.07. The summed E-state index contributed by atoms with van der Waals surface area (Å²) in [6, 6.07) is 9.71. The quantitative estimate of drug-likeness (QED) is 0.909. The van der Waals surface area contributed by atoms with Gasteiger partial charge in [0.15, 0.2) is 0 Å². The third-order valence-electron chi connectivity index (χ3n) is 2.59. The number of hydrogen-bond donors (Lipinski definition) is 1. The van der Waals surface area contributed by atoms with Gasteiger partial charge in [-0.15, -0.1) is 0 Å². The molecule has 0 aliphatic carbocycles. The Balaban J connectivity index is 2.28. The van der Waals surface area contributed by atoms with E-state index in [4.69, 9.17) is 22.1 Å². The molecule has 0 aliphatic rings. The number of hydrogen-bond acceptors (Lipinski definition) is 2. The van der Waals surface area contributed by atoms with Crippen molar-refractivity contribution in [1.82, 2.24) is 0 Å². The summed E-state index contributed by atoms with van der Waals surface area (Å²) < 4.78 is 18.6. The van der Waals surface area contributed by atoms with Crippen LogP contribution in [0.2, 0.25) is 5.02 Å². The van der Waals surface area contributed by atoms with Crippen LogP contribution in [0.4, 0.5) is 4.39 Å². The normalized spacial score (nSPS) is 10.4. The van der Waals surface area contributed by atoms with Crippen molar-refractivity contribution < 1.29 is 9.13 Å². The summed E-state index contributed by atoms with van der Waals surface area (Å²) in [5.41, 5.74) is 7.17. The Morgan fingerprint density at radius 3 is 2.50 bits per heavy atom. The number of aryl methyl sites for hydroxylation is 1. The van der Waals surface area contributed by atoms with E-state index in [9.17, 15) is 4.39 Å². The first-order chi connectivity index (χ1) is 8.60. The van der Waals surface area contributed by atoms with Gasteiger partial charge in [0, 0.05) is 6.54 Å². The molecule has 0 atom stereocenters. The van der Waals surface area contributed by atoms with Crippen LogP contribution >= 0.6 is 11.6 Å². The minimum atomic E-state index is -0.288. The molecule has 18 heavy (non-hydrogen) atoms. The van der Waals surface area contributed by atoms with Gasteiger partial charge in [0.2, 0.25) is 0 Å². The van der Waals surface area contributed by atoms with Crippen molar-refractivity contribution in [3.05, 3.63) is 58.4 Å². The molecule has 0 aromatic heterocycles. The molecule has 0 spiro atoms. The van der Waals surface area contributed by atoms with Crippen molar-refractivity contribution in [1.29, 1.82) is 0 Å². The maximum Gasteiger partial charge on any atom is 0.146 e. The Hall–Kier alpha value is -1.58. The molecule has 2 aromatic rings. The lowest BCUT2D eigenvalue weighted by molar-refractivity contribution is 0.476. The minimum Gasteiger partial charge on any atom is -0.456 e. The fraction of sp³-hybridized carbons (Fsp3) is 0.143. The van der Waals surface area contributed by atoms with E-state index >= 15 is 0 Å². The molecular formula is C14H13ClFNO. The summed E-state index contributed by atoms with van der Waals surface area (Å²) in [6.45, 7) is 2.20. The summed E-state index contributed by atoms with van der Waals surface area (Å²) in [7, 11) is 0. The average Bonchev–Trinajstić information content (AvgIpc) is 2.34. The van der Waals surface area contributed by atoms with Crippen LogP contribution in [0.15, 0.2) is 36.4 Å². The van der Waals surface area contributed by atoms with Crippen molar-refractivity contribution in [2.45, 2.75) is 13.5 Å². The molecule has 2 aromatic carbocycles. The molecule has 0 saturated heterocycles. The van der Waals surface area contributed by atoms with Crippen LogP contribution in [0, 0.1) is 12.7 Å². The van der Waals surface area contributed by atoms with E-state index in [1.54, 1.807) is 25.1 Å². The summed E-state index contributed by atoms with van der Waals surface area (Å²) in [5, 5.41) is 0.488. The van der Waals surface area contributed by atoms with Crippen molar-refractivity contribution >= 4 is 11.6 Å². The van der Waals surface area contributed by atoms with Gasteiger partial charge >= 0.3 is 0 Å². The number of nitrogens with two attached hydrogens (primary N) is 1. The van der Waals surface area contributed by atoms with Gasteiger partial charge in [-0.05, 0) is 48.4 Å². The Labute approximate surface area is 110 Å². The number of ether oxygens (including phenoxy) is 1. The number of benzene rings is 2. The Kier molecular flexibility index (Phi) is 3.84. The average molecular weight is 266 g/mol. The maximum atomic E-state index is 13.0. The van der Waals surface area contributed by atoms with Crippen LogP contribution in [-0.2, 0) is 6.54 Å². The van der Waals surface area contributed by atoms with Crippen LogP contribution < -0.4 is 10.5 Å². The Morgan fingerprint density at radius 2 is 1.89 bits per heavy atom. The highest BCUT2D eigenvalue weighted by atomic mass is 35.5. The van der Waals surface area contributed by atoms with Crippen LogP contribution in [0.3, 0.4) is 0 Å². The van der Waals surface area contributed by atoms with E-state index in [1.165, 1.54) is 12.1 Å². The van der Waals surface area contributed by atoms with Crippen LogP contribution in [-0.4, -0.2) is 0 Å². The molecule has 4 heteroatoms. The Bertz CT molecular complexity index is 572. The van der Waals surface area contributed by atoms with E-state index in [2.05, 4.69) is 0 Å². The second-order valence-corrected chi connectivity index (χ2v) is 4.39. The molecule has 0 unspecified atom stereocenters. The summed E-state index contributed by atoms with van der Waals surface area (Å²) in [6.07, 6.45) is 0. The first-order valence-electron chi connectivity index (χ1n) is 5.52. The monoisotopic (exact) mass is 265 g/mol. The lowest BCUT2D eigenvalue weighted by Gasteiger charge is -2.10. The van der Waals surface area contributed by atoms with Crippen molar-refractivity contribution in [2.75, 3.05) is 0 Å². The first kappa shape index (κ1) is 12.9. The van der Waals surface area contributed by atoms with Crippen LogP contribution in [0.25, 0.3) is 0 Å². The smallest absolute Gasteiger partial charge is 0.146 e. The molecule has 0 aliphatic heterocycles. The molecule has 0 radical (unpaired) electrons. The van der Waals surface area contributed by atoms with Gasteiger partial charge < -0.3 is 10.5 Å². The number of halogens is 2. The van der Waals surface area contributed by atoms with E-state index in [1.807, 2.05) is 6.07 Å². The van der Waals surface area contributed by atoms with E-state index in [0.29, 0.717) is 28.6 Å². The van der Waals surface area contributed by atoms with E-state index in [0.717, 1.165) is 5.56 Å². The maximum absolute atomic E-state index is 13.0. The molecular weight excluding hydrogens is 253 g/mol. The molecule has 2 N–H and O–H groups in total. The van der Waals surface area contributed by atoms with Gasteiger partial charge in [0.1, 0.15) is 17.3 Å². The van der Waals surface area contributed by atoms with Crippen molar-refractivity contribution in [3.8, 4) is 11.5 Å². The van der Waals surface area contributed by atoms with Crippen LogP contribution in [0.5, 0.6) is 11.5 Å². The lowest BCUT2D eigenvalue weighted by Crippen LogP contribution is -1.96. The fourth-order valence-electron chi connectivity index (χ4n) is 1.60. The van der Waals surface area contributed by atoms with Gasteiger partial charge in [0.25, 0.3) is 0 Å². The van der Waals surface area contributed by atoms with Gasteiger partial charge in [0.05, 0.1) is 5.02 Å². The molecule has 0 saturated carbocycles. The van der Waals surface area contributed by atoms with Crippen molar-refractivity contribution in [3.63, 3.8) is 0 Å². The van der Waals surface area contributed by atoms with Crippen LogP contribution in [0.1, 0.15) is 11.1 Å². The van der Waals surface area contributed by atoms with Gasteiger partial charge in [-0.25, -0.2) is 4.39 Å². The predicted octanol–water partition coefficient (Wildman–Crippen LogP) is 4.04. The Morgan fingerprint density at radius 1 is 1.17 bits per heavy atom. The van der Waals surface area contributed by atoms with Gasteiger partial charge in [-0.3, -0.25) is 0 Å². The molecule has 0 fully saturated rings. The standard InChI is InChI=1S/C14H13ClFNO/c1-9-6-11(16)3-5-13(9)18-14-4-2-10(8-17)7-12(14)15/h2-7H,8,17H2,1H3. The minimum absolute atomic E-state index is 0.288. The van der Waals surface area contributed by atoms with Crippen molar-refractivity contribution in [2.24, 2.45) is 5.73 Å². The zero-order valence-electron chi connectivity index (χ0n) is 9.91. The topological polar surface area (TPSA) is 35.2 Å². The second-order valence-electron chi connectivity index (χ2n) is 3.98. The second kappa shape index (κ2) is 5.38. The summed E-state index contributed by atoms with van der Waals surface area (Å²) in [5.74, 6) is 0.826. The molecule has 94 valence electrons. The molecule has 0 amide bonds.